The second-order valence-corrected chi connectivity index (χ2v) is 5.98. The highest BCUT2D eigenvalue weighted by Crippen LogP contribution is 2.13. The molecule has 0 saturated carbocycles. The van der Waals surface area contributed by atoms with Gasteiger partial charge in [-0.05, 0) is 34.7 Å². The molecule has 2 aromatic rings. The van der Waals surface area contributed by atoms with E-state index in [1.807, 2.05) is 23.4 Å². The van der Waals surface area contributed by atoms with Crippen molar-refractivity contribution < 1.29 is 0 Å². The van der Waals surface area contributed by atoms with Gasteiger partial charge in [0.1, 0.15) is 0 Å². The maximum Gasteiger partial charge on any atom is 0.0951 e. The zero-order valence-corrected chi connectivity index (χ0v) is 13.1. The van der Waals surface area contributed by atoms with E-state index in [-0.39, 0.29) is 0 Å². The molecule has 0 amide bonds. The molecule has 0 aromatic carbocycles. The number of hydrogen-bond donors (Lipinski definition) is 0. The van der Waals surface area contributed by atoms with Gasteiger partial charge in [-0.1, -0.05) is 0 Å². The maximum atomic E-state index is 4.38. The molecule has 0 radical (unpaired) electrons. The minimum Gasteiger partial charge on any atom is -0.331 e. The lowest BCUT2D eigenvalue weighted by Gasteiger charge is -2.18. The normalized spacial score (nSPS) is 12.0. The standard InChI is InChI=1S/C15H25N5/c1-12(2)19-11-16-7-15(19)10-18(5)8-14-6-17-20(9-14)13(3)4/h6-7,9,11-13H,8,10H2,1-5H3. The molecule has 0 aliphatic rings. The van der Waals surface area contributed by atoms with Gasteiger partial charge in [-0.3, -0.25) is 9.58 Å². The van der Waals surface area contributed by atoms with E-state index in [2.05, 4.69) is 60.5 Å². The smallest absolute Gasteiger partial charge is 0.0951 e. The van der Waals surface area contributed by atoms with Gasteiger partial charge in [-0.2, -0.15) is 5.10 Å². The quantitative estimate of drug-likeness (QED) is 0.813. The van der Waals surface area contributed by atoms with Gasteiger partial charge < -0.3 is 4.57 Å². The predicted octanol–water partition coefficient (Wildman–Crippen LogP) is 2.87. The molecular formula is C15H25N5. The summed E-state index contributed by atoms with van der Waals surface area (Å²) < 4.78 is 4.22. The minimum absolute atomic E-state index is 0.413. The van der Waals surface area contributed by atoms with Crippen molar-refractivity contribution >= 4 is 0 Å². The number of aromatic nitrogens is 4. The van der Waals surface area contributed by atoms with Crippen LogP contribution >= 0.6 is 0 Å². The van der Waals surface area contributed by atoms with Crippen molar-refractivity contribution in [2.45, 2.75) is 52.9 Å². The van der Waals surface area contributed by atoms with Crippen molar-refractivity contribution in [3.63, 3.8) is 0 Å². The molecular weight excluding hydrogens is 250 g/mol. The summed E-state index contributed by atoms with van der Waals surface area (Å²) in [6, 6.07) is 0.862. The topological polar surface area (TPSA) is 38.9 Å². The molecule has 20 heavy (non-hydrogen) atoms. The zero-order chi connectivity index (χ0) is 14.7. The first-order valence-corrected chi connectivity index (χ1v) is 7.19. The monoisotopic (exact) mass is 275 g/mol. The molecule has 0 spiro atoms. The predicted molar refractivity (Wildman–Crippen MR) is 80.4 cm³/mol. The first kappa shape index (κ1) is 14.8. The van der Waals surface area contributed by atoms with E-state index in [0.717, 1.165) is 13.1 Å². The fourth-order valence-electron chi connectivity index (χ4n) is 2.31. The molecule has 0 N–H and O–H groups in total. The molecule has 2 aromatic heterocycles. The van der Waals surface area contributed by atoms with E-state index in [4.69, 9.17) is 0 Å². The second-order valence-electron chi connectivity index (χ2n) is 5.98. The number of imidazole rings is 1. The number of rotatable bonds is 6. The van der Waals surface area contributed by atoms with Crippen LogP contribution in [0.2, 0.25) is 0 Å². The first-order valence-electron chi connectivity index (χ1n) is 7.19. The van der Waals surface area contributed by atoms with Gasteiger partial charge in [-0.25, -0.2) is 4.98 Å². The average molecular weight is 275 g/mol. The second kappa shape index (κ2) is 6.22. The van der Waals surface area contributed by atoms with E-state index in [1.165, 1.54) is 11.3 Å². The van der Waals surface area contributed by atoms with E-state index in [9.17, 15) is 0 Å². The molecule has 0 bridgehead atoms. The highest BCUT2D eigenvalue weighted by Gasteiger charge is 2.10. The molecule has 2 rings (SSSR count). The number of hydrogen-bond acceptors (Lipinski definition) is 3. The van der Waals surface area contributed by atoms with Crippen LogP contribution in [-0.2, 0) is 13.1 Å². The zero-order valence-electron chi connectivity index (χ0n) is 13.1. The fraction of sp³-hybridized carbons (Fsp3) is 0.600. The lowest BCUT2D eigenvalue weighted by Crippen LogP contribution is -2.19. The lowest BCUT2D eigenvalue weighted by atomic mass is 10.3. The van der Waals surface area contributed by atoms with Crippen LogP contribution in [0.25, 0.3) is 0 Å². The van der Waals surface area contributed by atoms with Crippen molar-refractivity contribution in [1.82, 2.24) is 24.2 Å². The Morgan fingerprint density at radius 1 is 1.10 bits per heavy atom. The van der Waals surface area contributed by atoms with Gasteiger partial charge in [-0.15, -0.1) is 0 Å². The van der Waals surface area contributed by atoms with Gasteiger partial charge in [0.05, 0.1) is 18.2 Å². The van der Waals surface area contributed by atoms with Crippen LogP contribution in [0.4, 0.5) is 0 Å². The van der Waals surface area contributed by atoms with Gasteiger partial charge in [0.25, 0.3) is 0 Å². The minimum atomic E-state index is 0.413. The highest BCUT2D eigenvalue weighted by atomic mass is 15.3. The van der Waals surface area contributed by atoms with Crippen molar-refractivity contribution in [1.29, 1.82) is 0 Å². The molecule has 0 saturated heterocycles. The van der Waals surface area contributed by atoms with E-state index in [0.29, 0.717) is 12.1 Å². The summed E-state index contributed by atoms with van der Waals surface area (Å²) in [5.41, 5.74) is 2.50. The third-order valence-corrected chi connectivity index (χ3v) is 3.37. The van der Waals surface area contributed by atoms with Crippen LogP contribution in [0.15, 0.2) is 24.9 Å². The van der Waals surface area contributed by atoms with Crippen LogP contribution in [0.3, 0.4) is 0 Å². The Hall–Kier alpha value is -1.62. The van der Waals surface area contributed by atoms with Crippen LogP contribution in [-0.4, -0.2) is 31.3 Å². The SMILES string of the molecule is CC(C)n1cc(CN(C)Cc2cncn2C(C)C)cn1. The van der Waals surface area contributed by atoms with Crippen molar-refractivity contribution in [3.8, 4) is 0 Å². The van der Waals surface area contributed by atoms with Crippen molar-refractivity contribution in [2.24, 2.45) is 0 Å². The average Bonchev–Trinajstić information content (AvgIpc) is 2.97. The van der Waals surface area contributed by atoms with Gasteiger partial charge >= 0.3 is 0 Å². The Bertz CT molecular complexity index is 538. The van der Waals surface area contributed by atoms with E-state index in [1.54, 1.807) is 0 Å². The molecule has 0 aliphatic carbocycles. The molecule has 5 nitrogen and oxygen atoms in total. The maximum absolute atomic E-state index is 4.38. The lowest BCUT2D eigenvalue weighted by molar-refractivity contribution is 0.307. The van der Waals surface area contributed by atoms with Crippen LogP contribution in [0.5, 0.6) is 0 Å². The molecule has 2 heterocycles. The summed E-state index contributed by atoms with van der Waals surface area (Å²) in [6.45, 7) is 10.4. The largest absolute Gasteiger partial charge is 0.331 e. The molecule has 0 unspecified atom stereocenters. The van der Waals surface area contributed by atoms with Gasteiger partial charge in [0, 0.05) is 43.1 Å². The summed E-state index contributed by atoms with van der Waals surface area (Å²) >= 11 is 0. The Morgan fingerprint density at radius 2 is 1.85 bits per heavy atom. The third kappa shape index (κ3) is 3.48. The first-order chi connectivity index (χ1) is 9.47. The van der Waals surface area contributed by atoms with E-state index < -0.39 is 0 Å². The van der Waals surface area contributed by atoms with Crippen molar-refractivity contribution in [3.05, 3.63) is 36.2 Å². The molecule has 110 valence electrons. The summed E-state index contributed by atoms with van der Waals surface area (Å²) in [6.07, 6.45) is 7.94. The van der Waals surface area contributed by atoms with Crippen LogP contribution in [0.1, 0.15) is 51.0 Å². The fourth-order valence-corrected chi connectivity index (χ4v) is 2.31. The Labute approximate surface area is 121 Å². The summed E-state index contributed by atoms with van der Waals surface area (Å²) in [7, 11) is 2.13. The highest BCUT2D eigenvalue weighted by molar-refractivity contribution is 5.05. The Kier molecular flexibility index (Phi) is 4.60. The third-order valence-electron chi connectivity index (χ3n) is 3.37. The molecule has 0 aliphatic heterocycles. The molecule has 0 atom stereocenters. The van der Waals surface area contributed by atoms with Crippen LogP contribution < -0.4 is 0 Å². The van der Waals surface area contributed by atoms with Crippen LogP contribution in [0, 0.1) is 0 Å². The number of nitrogens with zero attached hydrogens (tertiary/aromatic N) is 5. The Balaban J connectivity index is 1.97. The molecule has 0 fully saturated rings. The Morgan fingerprint density at radius 3 is 2.45 bits per heavy atom. The van der Waals surface area contributed by atoms with Crippen molar-refractivity contribution in [2.75, 3.05) is 7.05 Å². The summed E-state index contributed by atoms with van der Waals surface area (Å²) in [5, 5.41) is 4.38. The van der Waals surface area contributed by atoms with E-state index >= 15 is 0 Å². The summed E-state index contributed by atoms with van der Waals surface area (Å²) in [5.74, 6) is 0. The van der Waals surface area contributed by atoms with Gasteiger partial charge in [0.15, 0.2) is 0 Å². The van der Waals surface area contributed by atoms with Gasteiger partial charge in [0.2, 0.25) is 0 Å². The summed E-state index contributed by atoms with van der Waals surface area (Å²) in [4.78, 5) is 6.54. The molecule has 5 heteroatoms.